The standard InChI is InChI=1S/C10H11NO2S/c11-8-14-7-9(12)6-13-10-4-2-1-3-5-10/h1-5,9,12H,6-7H2/t9-/m0/s1. The van der Waals surface area contributed by atoms with Crippen LogP contribution in [0.5, 0.6) is 5.75 Å². The van der Waals surface area contributed by atoms with Crippen molar-refractivity contribution in [3.63, 3.8) is 0 Å². The highest BCUT2D eigenvalue weighted by Crippen LogP contribution is 2.09. The lowest BCUT2D eigenvalue weighted by Crippen LogP contribution is -2.19. The summed E-state index contributed by atoms with van der Waals surface area (Å²) in [5.74, 6) is 1.11. The highest BCUT2D eigenvalue weighted by molar-refractivity contribution is 8.03. The van der Waals surface area contributed by atoms with Gasteiger partial charge in [0.05, 0.1) is 6.10 Å². The zero-order valence-electron chi connectivity index (χ0n) is 7.59. The molecule has 1 atom stereocenters. The number of ether oxygens (including phenoxy) is 1. The summed E-state index contributed by atoms with van der Waals surface area (Å²) in [5.41, 5.74) is 0. The molecule has 0 spiro atoms. The van der Waals surface area contributed by atoms with E-state index in [0.29, 0.717) is 5.75 Å². The maximum Gasteiger partial charge on any atom is 0.133 e. The highest BCUT2D eigenvalue weighted by Gasteiger charge is 2.04. The Morgan fingerprint density at radius 2 is 2.14 bits per heavy atom. The van der Waals surface area contributed by atoms with Crippen molar-refractivity contribution in [2.45, 2.75) is 6.10 Å². The van der Waals surface area contributed by atoms with Crippen LogP contribution in [0, 0.1) is 10.7 Å². The summed E-state index contributed by atoms with van der Waals surface area (Å²) >= 11 is 1.03. The van der Waals surface area contributed by atoms with Gasteiger partial charge in [0.1, 0.15) is 17.8 Å². The minimum Gasteiger partial charge on any atom is -0.491 e. The third kappa shape index (κ3) is 4.17. The third-order valence-corrected chi connectivity index (χ3v) is 2.21. The van der Waals surface area contributed by atoms with Crippen LogP contribution in [0.2, 0.25) is 0 Å². The van der Waals surface area contributed by atoms with Crippen molar-refractivity contribution in [1.29, 1.82) is 5.26 Å². The Balaban J connectivity index is 2.24. The van der Waals surface area contributed by atoms with Gasteiger partial charge in [0, 0.05) is 5.75 Å². The van der Waals surface area contributed by atoms with E-state index in [-0.39, 0.29) is 6.61 Å². The molecule has 0 fully saturated rings. The van der Waals surface area contributed by atoms with Crippen LogP contribution in [0.3, 0.4) is 0 Å². The molecule has 14 heavy (non-hydrogen) atoms. The molecule has 0 amide bonds. The summed E-state index contributed by atoms with van der Waals surface area (Å²) < 4.78 is 5.29. The Hall–Kier alpha value is -1.18. The SMILES string of the molecule is N#CSC[C@@H](O)COc1ccccc1. The molecule has 0 aliphatic rings. The van der Waals surface area contributed by atoms with Gasteiger partial charge in [-0.3, -0.25) is 0 Å². The molecule has 3 nitrogen and oxygen atoms in total. The fourth-order valence-corrected chi connectivity index (χ4v) is 1.25. The van der Waals surface area contributed by atoms with Crippen molar-refractivity contribution in [1.82, 2.24) is 0 Å². The van der Waals surface area contributed by atoms with Crippen molar-refractivity contribution in [2.75, 3.05) is 12.4 Å². The van der Waals surface area contributed by atoms with Gasteiger partial charge in [-0.25, -0.2) is 0 Å². The predicted molar refractivity (Wildman–Crippen MR) is 56.0 cm³/mol. The van der Waals surface area contributed by atoms with E-state index in [4.69, 9.17) is 10.00 Å². The monoisotopic (exact) mass is 209 g/mol. The van der Waals surface area contributed by atoms with Gasteiger partial charge in [0.2, 0.25) is 0 Å². The molecule has 0 aliphatic heterocycles. The second-order valence-corrected chi connectivity index (χ2v) is 3.48. The number of aliphatic hydroxyl groups excluding tert-OH is 1. The molecule has 0 saturated carbocycles. The second-order valence-electron chi connectivity index (χ2n) is 2.68. The fraction of sp³-hybridized carbons (Fsp3) is 0.300. The highest BCUT2D eigenvalue weighted by atomic mass is 32.2. The lowest BCUT2D eigenvalue weighted by molar-refractivity contribution is 0.126. The number of benzene rings is 1. The zero-order valence-corrected chi connectivity index (χ0v) is 8.41. The topological polar surface area (TPSA) is 53.2 Å². The Morgan fingerprint density at radius 1 is 1.43 bits per heavy atom. The largest absolute Gasteiger partial charge is 0.491 e. The van der Waals surface area contributed by atoms with Gasteiger partial charge in [-0.05, 0) is 23.9 Å². The molecular weight excluding hydrogens is 198 g/mol. The summed E-state index contributed by atoms with van der Waals surface area (Å²) in [6.45, 7) is 0.221. The zero-order chi connectivity index (χ0) is 10.2. The lowest BCUT2D eigenvalue weighted by atomic mass is 10.3. The van der Waals surface area contributed by atoms with Crippen LogP contribution in [0.1, 0.15) is 0 Å². The van der Waals surface area contributed by atoms with Crippen molar-refractivity contribution in [3.05, 3.63) is 30.3 Å². The van der Waals surface area contributed by atoms with E-state index in [2.05, 4.69) is 0 Å². The number of aliphatic hydroxyl groups is 1. The van der Waals surface area contributed by atoms with E-state index in [1.54, 1.807) is 0 Å². The molecule has 74 valence electrons. The van der Waals surface area contributed by atoms with Crippen LogP contribution in [0.15, 0.2) is 30.3 Å². The molecule has 1 aromatic rings. The fourth-order valence-electron chi connectivity index (χ4n) is 0.891. The number of thioether (sulfide) groups is 1. The average Bonchev–Trinajstić information content (AvgIpc) is 2.25. The summed E-state index contributed by atoms with van der Waals surface area (Å²) in [5, 5.41) is 19.5. The molecule has 0 radical (unpaired) electrons. The van der Waals surface area contributed by atoms with Gasteiger partial charge in [-0.15, -0.1) is 0 Å². The van der Waals surface area contributed by atoms with Crippen LogP contribution >= 0.6 is 11.8 Å². The Labute approximate surface area is 87.3 Å². The molecule has 0 saturated heterocycles. The number of nitriles is 1. The molecular formula is C10H11NO2S. The molecule has 1 aromatic carbocycles. The quantitative estimate of drug-likeness (QED) is 0.749. The second kappa shape index (κ2) is 6.30. The lowest BCUT2D eigenvalue weighted by Gasteiger charge is -2.09. The molecule has 0 heterocycles. The first-order valence-electron chi connectivity index (χ1n) is 4.19. The Kier molecular flexibility index (Phi) is 4.90. The smallest absolute Gasteiger partial charge is 0.133 e. The molecule has 0 bridgehead atoms. The normalized spacial score (nSPS) is 11.7. The first-order valence-corrected chi connectivity index (χ1v) is 5.18. The maximum atomic E-state index is 9.34. The van der Waals surface area contributed by atoms with Crippen molar-refractivity contribution in [3.8, 4) is 11.2 Å². The van der Waals surface area contributed by atoms with E-state index in [1.165, 1.54) is 0 Å². The molecule has 0 unspecified atom stereocenters. The van der Waals surface area contributed by atoms with E-state index < -0.39 is 6.10 Å². The van der Waals surface area contributed by atoms with Crippen molar-refractivity contribution < 1.29 is 9.84 Å². The maximum absolute atomic E-state index is 9.34. The molecule has 0 aromatic heterocycles. The van der Waals surface area contributed by atoms with Crippen LogP contribution in [0.4, 0.5) is 0 Å². The predicted octanol–water partition coefficient (Wildman–Crippen LogP) is 1.64. The van der Waals surface area contributed by atoms with Crippen LogP contribution in [0.25, 0.3) is 0 Å². The average molecular weight is 209 g/mol. The van der Waals surface area contributed by atoms with Crippen molar-refractivity contribution >= 4 is 11.8 Å². The van der Waals surface area contributed by atoms with Gasteiger partial charge < -0.3 is 9.84 Å². The first kappa shape index (κ1) is 10.9. The Morgan fingerprint density at radius 3 is 2.79 bits per heavy atom. The minimum absolute atomic E-state index is 0.221. The molecule has 0 aliphatic carbocycles. The number of hydrogen-bond acceptors (Lipinski definition) is 4. The van der Waals surface area contributed by atoms with E-state index in [1.807, 2.05) is 35.7 Å². The minimum atomic E-state index is -0.597. The Bertz CT molecular complexity index is 297. The van der Waals surface area contributed by atoms with Gasteiger partial charge in [-0.1, -0.05) is 18.2 Å². The summed E-state index contributed by atoms with van der Waals surface area (Å²) in [6, 6.07) is 9.28. The molecule has 1 N–H and O–H groups in total. The number of hydrogen-bond donors (Lipinski definition) is 1. The molecule has 4 heteroatoms. The van der Waals surface area contributed by atoms with Crippen molar-refractivity contribution in [2.24, 2.45) is 0 Å². The summed E-state index contributed by atoms with van der Waals surface area (Å²) in [7, 11) is 0. The van der Waals surface area contributed by atoms with E-state index in [9.17, 15) is 5.11 Å². The van der Waals surface area contributed by atoms with Gasteiger partial charge in [0.15, 0.2) is 0 Å². The number of thiocyanates is 1. The first-order chi connectivity index (χ1) is 6.83. The van der Waals surface area contributed by atoms with Crippen LogP contribution in [-0.2, 0) is 0 Å². The summed E-state index contributed by atoms with van der Waals surface area (Å²) in [6.07, 6.45) is -0.597. The summed E-state index contributed by atoms with van der Waals surface area (Å²) in [4.78, 5) is 0. The number of nitrogens with zero attached hydrogens (tertiary/aromatic N) is 1. The van der Waals surface area contributed by atoms with E-state index >= 15 is 0 Å². The van der Waals surface area contributed by atoms with Crippen LogP contribution in [-0.4, -0.2) is 23.6 Å². The van der Waals surface area contributed by atoms with Gasteiger partial charge >= 0.3 is 0 Å². The molecule has 1 rings (SSSR count). The van der Waals surface area contributed by atoms with Gasteiger partial charge in [-0.2, -0.15) is 5.26 Å². The van der Waals surface area contributed by atoms with Crippen LogP contribution < -0.4 is 4.74 Å². The number of rotatable bonds is 5. The van der Waals surface area contributed by atoms with Gasteiger partial charge in [0.25, 0.3) is 0 Å². The number of para-hydroxylation sites is 1. The third-order valence-electron chi connectivity index (χ3n) is 1.53. The van der Waals surface area contributed by atoms with E-state index in [0.717, 1.165) is 17.5 Å².